The molecule has 0 aromatic heterocycles. The van der Waals surface area contributed by atoms with Gasteiger partial charge < -0.3 is 9.84 Å². The van der Waals surface area contributed by atoms with Gasteiger partial charge in [-0.05, 0) is 60.2 Å². The van der Waals surface area contributed by atoms with Crippen LogP contribution < -0.4 is 0 Å². The van der Waals surface area contributed by atoms with Gasteiger partial charge in [-0.25, -0.2) is 0 Å². The molecule has 0 saturated heterocycles. The second-order valence-corrected chi connectivity index (χ2v) is 5.64. The van der Waals surface area contributed by atoms with Gasteiger partial charge in [-0.2, -0.15) is 0 Å². The van der Waals surface area contributed by atoms with Gasteiger partial charge in [0.2, 0.25) is 0 Å². The predicted octanol–water partition coefficient (Wildman–Crippen LogP) is 3.51. The second kappa shape index (κ2) is 6.18. The van der Waals surface area contributed by atoms with Crippen LogP contribution in [0.15, 0.2) is 22.7 Å². The van der Waals surface area contributed by atoms with Crippen LogP contribution in [0.2, 0.25) is 0 Å². The first-order valence-corrected chi connectivity index (χ1v) is 6.62. The van der Waals surface area contributed by atoms with E-state index in [1.807, 2.05) is 32.0 Å². The van der Waals surface area contributed by atoms with E-state index >= 15 is 0 Å². The van der Waals surface area contributed by atoms with Crippen LogP contribution in [0.5, 0.6) is 0 Å². The fourth-order valence-corrected chi connectivity index (χ4v) is 2.22. The molecule has 0 aliphatic carbocycles. The number of aliphatic hydroxyl groups is 1. The van der Waals surface area contributed by atoms with Crippen molar-refractivity contribution >= 4 is 38.5 Å². The van der Waals surface area contributed by atoms with Crippen LogP contribution >= 0.6 is 38.5 Å². The predicted molar refractivity (Wildman–Crippen MR) is 72.9 cm³/mol. The van der Waals surface area contributed by atoms with E-state index in [2.05, 4.69) is 38.5 Å². The lowest BCUT2D eigenvalue weighted by Gasteiger charge is -2.15. The van der Waals surface area contributed by atoms with Crippen LogP contribution in [-0.4, -0.2) is 17.8 Å². The molecule has 1 aromatic rings. The molecule has 15 heavy (non-hydrogen) atoms. The Hall–Kier alpha value is 0.350. The molecule has 84 valence electrons. The monoisotopic (exact) mass is 384 g/mol. The lowest BCUT2D eigenvalue weighted by molar-refractivity contribution is 0.00460. The van der Waals surface area contributed by atoms with E-state index in [0.717, 1.165) is 13.6 Å². The highest BCUT2D eigenvalue weighted by Crippen LogP contribution is 2.24. The Morgan fingerprint density at radius 2 is 2.13 bits per heavy atom. The van der Waals surface area contributed by atoms with Crippen molar-refractivity contribution in [1.82, 2.24) is 0 Å². The lowest BCUT2D eigenvalue weighted by atomic mass is 10.1. The Morgan fingerprint density at radius 3 is 2.73 bits per heavy atom. The van der Waals surface area contributed by atoms with Gasteiger partial charge in [-0.3, -0.25) is 0 Å². The van der Waals surface area contributed by atoms with Crippen LogP contribution in [-0.2, 0) is 4.74 Å². The molecule has 0 aliphatic rings. The third-order valence-corrected chi connectivity index (χ3v) is 3.38. The highest BCUT2D eigenvalue weighted by Gasteiger charge is 2.12. The maximum Gasteiger partial charge on any atom is 0.103 e. The molecule has 0 amide bonds. The molecule has 0 radical (unpaired) electrons. The summed E-state index contributed by atoms with van der Waals surface area (Å²) in [6.45, 7) is 4.25. The molecule has 0 aliphatic heterocycles. The molecule has 0 heterocycles. The maximum absolute atomic E-state index is 9.92. The summed E-state index contributed by atoms with van der Waals surface area (Å²) in [4.78, 5) is 0. The van der Waals surface area contributed by atoms with Gasteiger partial charge in [-0.15, -0.1) is 0 Å². The molecule has 2 nitrogen and oxygen atoms in total. The van der Waals surface area contributed by atoms with Crippen molar-refractivity contribution in [3.63, 3.8) is 0 Å². The Morgan fingerprint density at radius 1 is 1.47 bits per heavy atom. The minimum atomic E-state index is -0.559. The highest BCUT2D eigenvalue weighted by molar-refractivity contribution is 14.1. The first-order chi connectivity index (χ1) is 7.00. The minimum Gasteiger partial charge on any atom is -0.386 e. The SMILES string of the molecule is CC(C)OCC(O)c1cc(Br)ccc1I. The molecule has 1 atom stereocenters. The average Bonchev–Trinajstić information content (AvgIpc) is 2.18. The summed E-state index contributed by atoms with van der Waals surface area (Å²) in [5.74, 6) is 0. The normalized spacial score (nSPS) is 13.2. The van der Waals surface area contributed by atoms with Gasteiger partial charge >= 0.3 is 0 Å². The van der Waals surface area contributed by atoms with Gasteiger partial charge in [0.1, 0.15) is 6.10 Å². The highest BCUT2D eigenvalue weighted by atomic mass is 127. The number of aliphatic hydroxyl groups excluding tert-OH is 1. The van der Waals surface area contributed by atoms with Crippen LogP contribution in [0.25, 0.3) is 0 Å². The van der Waals surface area contributed by atoms with Gasteiger partial charge in [-0.1, -0.05) is 15.9 Å². The first kappa shape index (κ1) is 13.4. The number of benzene rings is 1. The zero-order valence-electron chi connectivity index (χ0n) is 8.71. The summed E-state index contributed by atoms with van der Waals surface area (Å²) in [6, 6.07) is 5.86. The topological polar surface area (TPSA) is 29.5 Å². The average molecular weight is 385 g/mol. The zero-order chi connectivity index (χ0) is 11.4. The van der Waals surface area contributed by atoms with Crippen LogP contribution in [0, 0.1) is 3.57 Å². The summed E-state index contributed by atoms with van der Waals surface area (Å²) in [5, 5.41) is 9.92. The molecule has 1 aromatic carbocycles. The van der Waals surface area contributed by atoms with Gasteiger partial charge in [0.15, 0.2) is 0 Å². The van der Waals surface area contributed by atoms with Crippen LogP contribution in [0.3, 0.4) is 0 Å². The summed E-state index contributed by atoms with van der Waals surface area (Å²) in [6.07, 6.45) is -0.415. The third kappa shape index (κ3) is 4.38. The zero-order valence-corrected chi connectivity index (χ0v) is 12.4. The third-order valence-electron chi connectivity index (χ3n) is 1.90. The molecule has 0 saturated carbocycles. The smallest absolute Gasteiger partial charge is 0.103 e. The van der Waals surface area contributed by atoms with Gasteiger partial charge in [0.05, 0.1) is 12.7 Å². The molecular weight excluding hydrogens is 371 g/mol. The fraction of sp³-hybridized carbons (Fsp3) is 0.455. The number of hydrogen-bond donors (Lipinski definition) is 1. The lowest BCUT2D eigenvalue weighted by Crippen LogP contribution is -2.12. The molecule has 4 heteroatoms. The molecule has 0 bridgehead atoms. The minimum absolute atomic E-state index is 0.143. The van der Waals surface area contributed by atoms with E-state index in [4.69, 9.17) is 4.74 Å². The van der Waals surface area contributed by atoms with E-state index in [0.29, 0.717) is 6.61 Å². The fourth-order valence-electron chi connectivity index (χ4n) is 1.14. The summed E-state index contributed by atoms with van der Waals surface area (Å²) in [5.41, 5.74) is 0.908. The van der Waals surface area contributed by atoms with Crippen molar-refractivity contribution in [1.29, 1.82) is 0 Å². The Kier molecular flexibility index (Phi) is 5.52. The Balaban J connectivity index is 2.72. The molecule has 0 spiro atoms. The van der Waals surface area contributed by atoms with Crippen molar-refractivity contribution in [2.24, 2.45) is 0 Å². The molecule has 1 rings (SSSR count). The van der Waals surface area contributed by atoms with E-state index in [1.54, 1.807) is 0 Å². The van der Waals surface area contributed by atoms with Crippen LogP contribution in [0.4, 0.5) is 0 Å². The summed E-state index contributed by atoms with van der Waals surface area (Å²) >= 11 is 5.60. The van der Waals surface area contributed by atoms with E-state index in [-0.39, 0.29) is 6.10 Å². The maximum atomic E-state index is 9.92. The second-order valence-electron chi connectivity index (χ2n) is 3.56. The van der Waals surface area contributed by atoms with Crippen molar-refractivity contribution in [3.8, 4) is 0 Å². The summed E-state index contributed by atoms with van der Waals surface area (Å²) in [7, 11) is 0. The van der Waals surface area contributed by atoms with Crippen LogP contribution in [0.1, 0.15) is 25.5 Å². The number of ether oxygens (including phenoxy) is 1. The van der Waals surface area contributed by atoms with E-state index < -0.39 is 6.10 Å². The largest absolute Gasteiger partial charge is 0.386 e. The number of halogens is 2. The number of hydrogen-bond acceptors (Lipinski definition) is 2. The van der Waals surface area contributed by atoms with E-state index in [1.165, 1.54) is 0 Å². The molecule has 0 fully saturated rings. The molecule has 1 unspecified atom stereocenters. The van der Waals surface area contributed by atoms with Crippen molar-refractivity contribution in [2.75, 3.05) is 6.61 Å². The first-order valence-electron chi connectivity index (χ1n) is 4.75. The van der Waals surface area contributed by atoms with Crippen molar-refractivity contribution in [2.45, 2.75) is 26.1 Å². The van der Waals surface area contributed by atoms with Gasteiger partial charge in [0.25, 0.3) is 0 Å². The van der Waals surface area contributed by atoms with Crippen molar-refractivity contribution in [3.05, 3.63) is 31.8 Å². The van der Waals surface area contributed by atoms with E-state index in [9.17, 15) is 5.11 Å². The van der Waals surface area contributed by atoms with Crippen molar-refractivity contribution < 1.29 is 9.84 Å². The summed E-state index contributed by atoms with van der Waals surface area (Å²) < 4.78 is 7.41. The standard InChI is InChI=1S/C11H14BrIO2/c1-7(2)15-6-11(14)9-5-8(12)3-4-10(9)13/h3-5,7,11,14H,6H2,1-2H3. The Bertz CT molecular complexity index is 328. The Labute approximate surface area is 112 Å². The molecule has 1 N–H and O–H groups in total. The molecular formula is C11H14BrIO2. The quantitative estimate of drug-likeness (QED) is 0.805. The van der Waals surface area contributed by atoms with Gasteiger partial charge in [0, 0.05) is 8.04 Å². The number of rotatable bonds is 4.